The standard InChI is InChI=1S/C20H29N3O3.ClH/c1-13-7-8-18(26-2)17(9-13)23-12-15(10-19(23)24)20(25)22-16-6-4-3-5-14(16)11-21;/h7-9,14-16H,3-6,10-12,21H2,1-2H3,(H,22,25);1H. The Morgan fingerprint density at radius 3 is 2.78 bits per heavy atom. The van der Waals surface area contributed by atoms with E-state index in [2.05, 4.69) is 5.32 Å². The number of ether oxygens (including phenoxy) is 1. The topological polar surface area (TPSA) is 84.7 Å². The van der Waals surface area contributed by atoms with Crippen molar-refractivity contribution >= 4 is 29.9 Å². The van der Waals surface area contributed by atoms with Crippen molar-refractivity contribution in [2.24, 2.45) is 17.6 Å². The SMILES string of the molecule is COc1ccc(C)cc1N1CC(C(=O)NC2CCCCC2CN)CC1=O.Cl. The van der Waals surface area contributed by atoms with Crippen molar-refractivity contribution in [3.63, 3.8) is 0 Å². The first-order valence-electron chi connectivity index (χ1n) is 9.49. The smallest absolute Gasteiger partial charge is 0.227 e. The number of hydrogen-bond acceptors (Lipinski definition) is 4. The van der Waals surface area contributed by atoms with Crippen molar-refractivity contribution in [2.75, 3.05) is 25.1 Å². The quantitative estimate of drug-likeness (QED) is 0.801. The zero-order valence-corrected chi connectivity index (χ0v) is 16.9. The van der Waals surface area contributed by atoms with Crippen LogP contribution in [0.5, 0.6) is 5.75 Å². The normalized spacial score (nSPS) is 25.1. The number of aryl methyl sites for hydroxylation is 1. The molecule has 0 spiro atoms. The Bertz CT molecular complexity index is 682. The molecule has 1 aromatic rings. The fourth-order valence-electron chi connectivity index (χ4n) is 4.11. The molecular weight excluding hydrogens is 366 g/mol. The Labute approximate surface area is 167 Å². The van der Waals surface area contributed by atoms with Crippen LogP contribution in [0, 0.1) is 18.8 Å². The highest BCUT2D eigenvalue weighted by Gasteiger charge is 2.37. The van der Waals surface area contributed by atoms with Crippen LogP contribution >= 0.6 is 12.4 Å². The highest BCUT2D eigenvalue weighted by molar-refractivity contribution is 6.01. The lowest BCUT2D eigenvalue weighted by atomic mass is 9.84. The van der Waals surface area contributed by atoms with Crippen molar-refractivity contribution in [1.29, 1.82) is 0 Å². The zero-order valence-electron chi connectivity index (χ0n) is 16.1. The van der Waals surface area contributed by atoms with Crippen molar-refractivity contribution < 1.29 is 14.3 Å². The van der Waals surface area contributed by atoms with E-state index in [9.17, 15) is 9.59 Å². The third kappa shape index (κ3) is 4.74. The molecule has 1 aliphatic carbocycles. The van der Waals surface area contributed by atoms with Gasteiger partial charge < -0.3 is 20.7 Å². The fourth-order valence-corrected chi connectivity index (χ4v) is 4.11. The molecule has 6 nitrogen and oxygen atoms in total. The number of benzene rings is 1. The van der Waals surface area contributed by atoms with Crippen LogP contribution in [0.3, 0.4) is 0 Å². The van der Waals surface area contributed by atoms with Gasteiger partial charge in [0.15, 0.2) is 0 Å². The van der Waals surface area contributed by atoms with Gasteiger partial charge in [-0.05, 0) is 49.9 Å². The van der Waals surface area contributed by atoms with Gasteiger partial charge in [0.2, 0.25) is 11.8 Å². The summed E-state index contributed by atoms with van der Waals surface area (Å²) in [6.07, 6.45) is 4.58. The highest BCUT2D eigenvalue weighted by Crippen LogP contribution is 2.34. The van der Waals surface area contributed by atoms with E-state index in [1.807, 2.05) is 25.1 Å². The number of nitrogens with two attached hydrogens (primary N) is 1. The summed E-state index contributed by atoms with van der Waals surface area (Å²) >= 11 is 0. The van der Waals surface area contributed by atoms with E-state index in [0.29, 0.717) is 24.8 Å². The number of methoxy groups -OCH3 is 1. The minimum Gasteiger partial charge on any atom is -0.495 e. The van der Waals surface area contributed by atoms with Crippen LogP contribution in [0.4, 0.5) is 5.69 Å². The second-order valence-corrected chi connectivity index (χ2v) is 7.48. The molecule has 7 heteroatoms. The Morgan fingerprint density at radius 1 is 1.33 bits per heavy atom. The van der Waals surface area contributed by atoms with E-state index in [0.717, 1.165) is 30.5 Å². The van der Waals surface area contributed by atoms with Gasteiger partial charge in [0.25, 0.3) is 0 Å². The first-order chi connectivity index (χ1) is 12.5. The van der Waals surface area contributed by atoms with Crippen LogP contribution in [0.2, 0.25) is 0 Å². The van der Waals surface area contributed by atoms with Gasteiger partial charge >= 0.3 is 0 Å². The number of halogens is 1. The van der Waals surface area contributed by atoms with Gasteiger partial charge in [-0.25, -0.2) is 0 Å². The van der Waals surface area contributed by atoms with Crippen LogP contribution in [0.25, 0.3) is 0 Å². The number of rotatable bonds is 5. The summed E-state index contributed by atoms with van der Waals surface area (Å²) in [4.78, 5) is 27.0. The molecular formula is C20H30ClN3O3. The average Bonchev–Trinajstić information content (AvgIpc) is 3.04. The molecule has 0 bridgehead atoms. The Morgan fingerprint density at radius 2 is 2.07 bits per heavy atom. The number of anilines is 1. The summed E-state index contributed by atoms with van der Waals surface area (Å²) in [6.45, 7) is 2.97. The maximum absolute atomic E-state index is 12.8. The Hall–Kier alpha value is -1.79. The van der Waals surface area contributed by atoms with Gasteiger partial charge in [0.05, 0.1) is 18.7 Å². The summed E-state index contributed by atoms with van der Waals surface area (Å²) in [7, 11) is 1.59. The van der Waals surface area contributed by atoms with Gasteiger partial charge in [-0.15, -0.1) is 12.4 Å². The molecule has 150 valence electrons. The first kappa shape index (κ1) is 21.5. The summed E-state index contributed by atoms with van der Waals surface area (Å²) in [5.74, 6) is 0.609. The molecule has 1 aliphatic heterocycles. The maximum atomic E-state index is 12.8. The summed E-state index contributed by atoms with van der Waals surface area (Å²) in [6, 6.07) is 5.88. The first-order valence-corrected chi connectivity index (χ1v) is 9.49. The van der Waals surface area contributed by atoms with E-state index in [4.69, 9.17) is 10.5 Å². The molecule has 1 heterocycles. The van der Waals surface area contributed by atoms with Crippen LogP contribution in [0.15, 0.2) is 18.2 Å². The third-order valence-electron chi connectivity index (χ3n) is 5.66. The highest BCUT2D eigenvalue weighted by atomic mass is 35.5. The largest absolute Gasteiger partial charge is 0.495 e. The van der Waals surface area contributed by atoms with E-state index in [1.54, 1.807) is 12.0 Å². The second kappa shape index (κ2) is 9.42. The van der Waals surface area contributed by atoms with Crippen LogP contribution < -0.4 is 20.7 Å². The molecule has 3 rings (SSSR count). The van der Waals surface area contributed by atoms with Gasteiger partial charge in [-0.1, -0.05) is 18.9 Å². The second-order valence-electron chi connectivity index (χ2n) is 7.48. The summed E-state index contributed by atoms with van der Waals surface area (Å²) in [5, 5.41) is 3.17. The lowest BCUT2D eigenvalue weighted by Crippen LogP contribution is -2.47. The Balaban J connectivity index is 0.00000261. The maximum Gasteiger partial charge on any atom is 0.227 e. The van der Waals surface area contributed by atoms with Crippen molar-refractivity contribution in [1.82, 2.24) is 5.32 Å². The number of hydrogen-bond donors (Lipinski definition) is 2. The number of nitrogens with one attached hydrogen (secondary N) is 1. The summed E-state index contributed by atoms with van der Waals surface area (Å²) < 4.78 is 5.40. The van der Waals surface area contributed by atoms with E-state index < -0.39 is 0 Å². The molecule has 0 aromatic heterocycles. The van der Waals surface area contributed by atoms with Crippen molar-refractivity contribution in [3.8, 4) is 5.75 Å². The third-order valence-corrected chi connectivity index (χ3v) is 5.66. The minimum atomic E-state index is -0.326. The zero-order chi connectivity index (χ0) is 18.7. The number of carbonyl (C=O) groups excluding carboxylic acids is 2. The molecule has 1 saturated carbocycles. The van der Waals surface area contributed by atoms with Gasteiger partial charge in [0, 0.05) is 19.0 Å². The van der Waals surface area contributed by atoms with E-state index in [1.165, 1.54) is 6.42 Å². The van der Waals surface area contributed by atoms with Crippen LogP contribution in [-0.4, -0.2) is 38.1 Å². The lowest BCUT2D eigenvalue weighted by molar-refractivity contribution is -0.127. The predicted octanol–water partition coefficient (Wildman–Crippen LogP) is 2.41. The van der Waals surface area contributed by atoms with E-state index in [-0.39, 0.29) is 42.6 Å². The van der Waals surface area contributed by atoms with Gasteiger partial charge in [0.1, 0.15) is 5.75 Å². The number of carbonyl (C=O) groups is 2. The monoisotopic (exact) mass is 395 g/mol. The summed E-state index contributed by atoms with van der Waals surface area (Å²) in [5.41, 5.74) is 7.65. The minimum absolute atomic E-state index is 0. The van der Waals surface area contributed by atoms with Gasteiger partial charge in [-0.3, -0.25) is 9.59 Å². The Kier molecular flexibility index (Phi) is 7.50. The molecule has 2 fully saturated rings. The number of amides is 2. The fraction of sp³-hybridized carbons (Fsp3) is 0.600. The molecule has 1 aromatic carbocycles. The van der Waals surface area contributed by atoms with Crippen LogP contribution in [-0.2, 0) is 9.59 Å². The predicted molar refractivity (Wildman–Crippen MR) is 108 cm³/mol. The van der Waals surface area contributed by atoms with Crippen molar-refractivity contribution in [2.45, 2.75) is 45.1 Å². The molecule has 2 aliphatic rings. The molecule has 3 N–H and O–H groups in total. The molecule has 1 saturated heterocycles. The van der Waals surface area contributed by atoms with Crippen molar-refractivity contribution in [3.05, 3.63) is 23.8 Å². The molecule has 0 radical (unpaired) electrons. The molecule has 3 atom stereocenters. The average molecular weight is 396 g/mol. The van der Waals surface area contributed by atoms with E-state index >= 15 is 0 Å². The lowest BCUT2D eigenvalue weighted by Gasteiger charge is -2.32. The molecule has 27 heavy (non-hydrogen) atoms. The molecule has 3 unspecified atom stereocenters. The van der Waals surface area contributed by atoms with Crippen LogP contribution in [0.1, 0.15) is 37.7 Å². The number of nitrogens with zero attached hydrogens (tertiary/aromatic N) is 1. The van der Waals surface area contributed by atoms with Gasteiger partial charge in [-0.2, -0.15) is 0 Å². The molecule has 2 amide bonds.